The van der Waals surface area contributed by atoms with E-state index in [-0.39, 0.29) is 29.6 Å². The molecule has 134 valence electrons. The third-order valence-electron chi connectivity index (χ3n) is 7.76. The first-order valence-corrected chi connectivity index (χ1v) is 9.14. The zero-order chi connectivity index (χ0) is 17.4. The minimum Gasteiger partial charge on any atom is -0.392 e. The van der Waals surface area contributed by atoms with Crippen molar-refractivity contribution in [3.63, 3.8) is 0 Å². The summed E-state index contributed by atoms with van der Waals surface area (Å²) in [4.78, 5) is 13.3. The molecule has 0 spiro atoms. The molecule has 1 saturated heterocycles. The van der Waals surface area contributed by atoms with Crippen LogP contribution in [0.25, 0.3) is 0 Å². The van der Waals surface area contributed by atoms with E-state index >= 15 is 0 Å². The maximum absolute atomic E-state index is 13.3. The lowest BCUT2D eigenvalue weighted by molar-refractivity contribution is -0.237. The van der Waals surface area contributed by atoms with Crippen LogP contribution in [0.4, 0.5) is 0 Å². The van der Waals surface area contributed by atoms with Crippen LogP contribution in [0.3, 0.4) is 0 Å². The van der Waals surface area contributed by atoms with Gasteiger partial charge in [-0.15, -0.1) is 0 Å². The molecule has 7 unspecified atom stereocenters. The minimum absolute atomic E-state index is 0.0262. The van der Waals surface area contributed by atoms with Crippen LogP contribution < -0.4 is 0 Å². The van der Waals surface area contributed by atoms with Gasteiger partial charge in [-0.3, -0.25) is 4.79 Å². The van der Waals surface area contributed by atoms with E-state index in [2.05, 4.69) is 0 Å². The number of carbonyl (C=O) groups excluding carboxylic acids is 1. The Labute approximate surface area is 142 Å². The van der Waals surface area contributed by atoms with E-state index in [1.807, 2.05) is 13.8 Å². The van der Waals surface area contributed by atoms with Gasteiger partial charge in [0.05, 0.1) is 29.8 Å². The van der Waals surface area contributed by atoms with Crippen LogP contribution in [0.1, 0.15) is 46.5 Å². The first kappa shape index (κ1) is 16.7. The van der Waals surface area contributed by atoms with Gasteiger partial charge in [-0.25, -0.2) is 0 Å². The fraction of sp³-hybridized carbons (Fsp3) is 0.842. The first-order chi connectivity index (χ1) is 11.2. The fourth-order valence-corrected chi connectivity index (χ4v) is 5.82. The molecule has 2 bridgehead atoms. The largest absolute Gasteiger partial charge is 0.392 e. The lowest BCUT2D eigenvalue weighted by Gasteiger charge is -2.59. The van der Waals surface area contributed by atoms with Gasteiger partial charge in [0.1, 0.15) is 6.10 Å². The molecule has 5 heteroatoms. The molecule has 0 aromatic heterocycles. The second-order valence-electron chi connectivity index (χ2n) is 8.71. The number of carbonyl (C=O) groups is 1. The molecule has 0 aromatic rings. The van der Waals surface area contributed by atoms with E-state index in [1.54, 1.807) is 6.92 Å². The van der Waals surface area contributed by atoms with E-state index in [0.717, 1.165) is 5.57 Å². The zero-order valence-corrected chi connectivity index (χ0v) is 14.7. The van der Waals surface area contributed by atoms with Crippen molar-refractivity contribution in [3.8, 4) is 0 Å². The number of hydrogen-bond donors (Lipinski definition) is 3. The van der Waals surface area contributed by atoms with Crippen molar-refractivity contribution in [2.24, 2.45) is 23.2 Å². The highest BCUT2D eigenvalue weighted by atomic mass is 16.5. The highest BCUT2D eigenvalue weighted by Gasteiger charge is 2.63. The number of allylic oxidation sites excluding steroid dienone is 1. The van der Waals surface area contributed by atoms with E-state index in [0.29, 0.717) is 37.9 Å². The van der Waals surface area contributed by atoms with Crippen molar-refractivity contribution in [2.75, 3.05) is 6.61 Å². The highest BCUT2D eigenvalue weighted by Crippen LogP contribution is 2.57. The average Bonchev–Trinajstić information content (AvgIpc) is 2.51. The third kappa shape index (κ3) is 1.93. The molecule has 3 fully saturated rings. The third-order valence-corrected chi connectivity index (χ3v) is 7.76. The van der Waals surface area contributed by atoms with Crippen LogP contribution in [0.2, 0.25) is 0 Å². The maximum atomic E-state index is 13.3. The van der Waals surface area contributed by atoms with E-state index in [1.165, 1.54) is 0 Å². The molecule has 5 nitrogen and oxygen atoms in total. The van der Waals surface area contributed by atoms with Gasteiger partial charge >= 0.3 is 0 Å². The van der Waals surface area contributed by atoms with Gasteiger partial charge in [0.25, 0.3) is 0 Å². The zero-order valence-electron chi connectivity index (χ0n) is 14.7. The summed E-state index contributed by atoms with van der Waals surface area (Å²) in [5.41, 5.74) is -0.279. The van der Waals surface area contributed by atoms with Crippen molar-refractivity contribution in [3.05, 3.63) is 11.1 Å². The van der Waals surface area contributed by atoms with Crippen LogP contribution in [0.5, 0.6) is 0 Å². The average molecular weight is 336 g/mol. The Kier molecular flexibility index (Phi) is 3.57. The van der Waals surface area contributed by atoms with Crippen LogP contribution in [-0.4, -0.2) is 51.6 Å². The number of aliphatic hydroxyl groups excluding tert-OH is 2. The Morgan fingerprint density at radius 3 is 2.62 bits per heavy atom. The number of Topliss-reactive ketones (excluding diaryl/α,β-unsaturated/α-hetero) is 1. The van der Waals surface area contributed by atoms with Crippen molar-refractivity contribution in [2.45, 2.75) is 70.4 Å². The molecule has 0 radical (unpaired) electrons. The topological polar surface area (TPSA) is 87.0 Å². The fourth-order valence-electron chi connectivity index (χ4n) is 5.82. The van der Waals surface area contributed by atoms with Gasteiger partial charge in [-0.2, -0.15) is 0 Å². The molecule has 24 heavy (non-hydrogen) atoms. The van der Waals surface area contributed by atoms with E-state index in [9.17, 15) is 20.1 Å². The van der Waals surface area contributed by atoms with E-state index < -0.39 is 23.2 Å². The molecular weight excluding hydrogens is 308 g/mol. The summed E-state index contributed by atoms with van der Waals surface area (Å²) in [7, 11) is 0. The lowest BCUT2D eigenvalue weighted by atomic mass is 9.50. The summed E-state index contributed by atoms with van der Waals surface area (Å²) in [5.74, 6) is -0.502. The summed E-state index contributed by atoms with van der Waals surface area (Å²) >= 11 is 0. The summed E-state index contributed by atoms with van der Waals surface area (Å²) in [5, 5.41) is 33.0. The molecule has 4 aliphatic rings. The van der Waals surface area contributed by atoms with Crippen molar-refractivity contribution in [1.29, 1.82) is 0 Å². The Hall–Kier alpha value is -0.750. The Bertz CT molecular complexity index is 613. The van der Waals surface area contributed by atoms with Crippen LogP contribution in [0, 0.1) is 23.2 Å². The lowest BCUT2D eigenvalue weighted by Crippen LogP contribution is -2.67. The summed E-state index contributed by atoms with van der Waals surface area (Å²) < 4.78 is 5.59. The smallest absolute Gasteiger partial charge is 0.174 e. The molecule has 2 saturated carbocycles. The molecule has 1 aliphatic heterocycles. The molecule has 1 heterocycles. The molecule has 0 amide bonds. The number of aliphatic hydroxyl groups is 3. The van der Waals surface area contributed by atoms with Crippen LogP contribution >= 0.6 is 0 Å². The van der Waals surface area contributed by atoms with Gasteiger partial charge in [0.2, 0.25) is 0 Å². The minimum atomic E-state index is -1.23. The van der Waals surface area contributed by atoms with Gasteiger partial charge in [0.15, 0.2) is 5.78 Å². The Morgan fingerprint density at radius 2 is 2.00 bits per heavy atom. The van der Waals surface area contributed by atoms with E-state index in [4.69, 9.17) is 4.74 Å². The number of rotatable bonds is 0. The SMILES string of the molecule is CC1=C2C(O)C(=O)[C@]3(C)C(O)CC4OCC4C3CC(O)(CC1)C2C. The standard InChI is InChI=1S/C19H28O5/c1-9-4-5-19(23)7-12-11-8-24-13(11)6-14(20)18(12,3)17(22)16(21)15(9)10(19)2/h10-14,16,20-21,23H,4-8H2,1-3H3/t10?,11?,12?,13?,14?,16?,18-,19?/m0/s1. The highest BCUT2D eigenvalue weighted by molar-refractivity contribution is 5.92. The van der Waals surface area contributed by atoms with Crippen molar-refractivity contribution in [1.82, 2.24) is 0 Å². The second kappa shape index (κ2) is 5.13. The monoisotopic (exact) mass is 336 g/mol. The number of hydrogen-bond acceptors (Lipinski definition) is 5. The number of ether oxygens (including phenoxy) is 1. The molecular formula is C19H28O5. The molecule has 4 rings (SSSR count). The second-order valence-corrected chi connectivity index (χ2v) is 8.71. The van der Waals surface area contributed by atoms with Crippen molar-refractivity contribution >= 4 is 5.78 Å². The normalized spacial score (nSPS) is 54.3. The summed E-state index contributed by atoms with van der Waals surface area (Å²) in [6.07, 6.45) is 0.171. The predicted octanol–water partition coefficient (Wildman–Crippen LogP) is 1.20. The number of fused-ring (bicyclic) bond motifs is 5. The van der Waals surface area contributed by atoms with Crippen LogP contribution in [0.15, 0.2) is 11.1 Å². The van der Waals surface area contributed by atoms with Gasteiger partial charge in [-0.05, 0) is 44.6 Å². The summed E-state index contributed by atoms with van der Waals surface area (Å²) in [6.45, 7) is 6.22. The Balaban J connectivity index is 1.86. The maximum Gasteiger partial charge on any atom is 0.174 e. The molecule has 0 aromatic carbocycles. The summed E-state index contributed by atoms with van der Waals surface area (Å²) in [6, 6.07) is 0. The Morgan fingerprint density at radius 1 is 1.29 bits per heavy atom. The van der Waals surface area contributed by atoms with Gasteiger partial charge in [0, 0.05) is 18.3 Å². The predicted molar refractivity (Wildman–Crippen MR) is 87.1 cm³/mol. The van der Waals surface area contributed by atoms with Crippen molar-refractivity contribution < 1.29 is 24.9 Å². The molecule has 3 N–H and O–H groups in total. The first-order valence-electron chi connectivity index (χ1n) is 9.14. The quantitative estimate of drug-likeness (QED) is 0.579. The van der Waals surface area contributed by atoms with Crippen LogP contribution in [-0.2, 0) is 9.53 Å². The molecule has 3 aliphatic carbocycles. The number of ketones is 1. The van der Waals surface area contributed by atoms with Gasteiger partial charge < -0.3 is 20.1 Å². The van der Waals surface area contributed by atoms with Gasteiger partial charge in [-0.1, -0.05) is 12.5 Å². The molecule has 8 atom stereocenters.